The van der Waals surface area contributed by atoms with Crippen LogP contribution in [0.15, 0.2) is 52.9 Å². The largest absolute Gasteiger partial charge is 0.494 e. The minimum absolute atomic E-state index is 0.0176. The number of piperidine rings is 1. The number of carbonyl (C=O) groups excluding carboxylic acids is 1. The van der Waals surface area contributed by atoms with Crippen LogP contribution in [-0.2, 0) is 0 Å². The lowest BCUT2D eigenvalue weighted by Crippen LogP contribution is -2.38. The molecule has 0 unspecified atom stereocenters. The molecule has 1 saturated heterocycles. The fourth-order valence-corrected chi connectivity index (χ4v) is 3.48. The van der Waals surface area contributed by atoms with Gasteiger partial charge in [0.1, 0.15) is 11.6 Å². The number of carbonyl (C=O) groups is 1. The molecule has 0 bridgehead atoms. The van der Waals surface area contributed by atoms with Crippen molar-refractivity contribution in [3.8, 4) is 17.2 Å². The maximum absolute atomic E-state index is 13.1. The van der Waals surface area contributed by atoms with Crippen molar-refractivity contribution in [2.24, 2.45) is 0 Å². The second-order valence-corrected chi connectivity index (χ2v) is 6.98. The van der Waals surface area contributed by atoms with Gasteiger partial charge in [-0.2, -0.15) is 0 Å². The van der Waals surface area contributed by atoms with E-state index in [2.05, 4.69) is 10.2 Å². The van der Waals surface area contributed by atoms with Crippen LogP contribution in [-0.4, -0.2) is 40.7 Å². The second-order valence-electron chi connectivity index (χ2n) is 6.98. The number of nitrogens with zero attached hydrogens (tertiary/aromatic N) is 3. The molecule has 1 aliphatic rings. The Morgan fingerprint density at radius 2 is 1.79 bits per heavy atom. The molecule has 4 rings (SSSR count). The summed E-state index contributed by atoms with van der Waals surface area (Å²) in [5, 5.41) is 8.25. The van der Waals surface area contributed by atoms with E-state index in [9.17, 15) is 9.18 Å². The number of hydrogen-bond donors (Lipinski definition) is 0. The van der Waals surface area contributed by atoms with Gasteiger partial charge in [0.15, 0.2) is 0 Å². The van der Waals surface area contributed by atoms with E-state index in [0.29, 0.717) is 42.6 Å². The molecule has 0 radical (unpaired) electrons. The summed E-state index contributed by atoms with van der Waals surface area (Å²) in [7, 11) is 0. The molecule has 150 valence electrons. The number of ether oxygens (including phenoxy) is 1. The summed E-state index contributed by atoms with van der Waals surface area (Å²) < 4.78 is 24.3. The molecule has 0 N–H and O–H groups in total. The number of benzene rings is 2. The van der Waals surface area contributed by atoms with Crippen LogP contribution in [0.1, 0.15) is 41.9 Å². The van der Waals surface area contributed by atoms with Crippen molar-refractivity contribution in [3.05, 3.63) is 65.8 Å². The van der Waals surface area contributed by atoms with E-state index < -0.39 is 0 Å². The smallest absolute Gasteiger partial charge is 0.253 e. The van der Waals surface area contributed by atoms with E-state index in [1.54, 1.807) is 24.3 Å². The lowest BCUT2D eigenvalue weighted by atomic mass is 9.96. The minimum Gasteiger partial charge on any atom is -0.494 e. The maximum Gasteiger partial charge on any atom is 0.253 e. The van der Waals surface area contributed by atoms with Crippen LogP contribution in [0.4, 0.5) is 4.39 Å². The van der Waals surface area contributed by atoms with Gasteiger partial charge in [0.2, 0.25) is 11.8 Å². The lowest BCUT2D eigenvalue weighted by molar-refractivity contribution is 0.0706. The topological polar surface area (TPSA) is 68.5 Å². The molecular formula is C22H22FN3O3. The lowest BCUT2D eigenvalue weighted by Gasteiger charge is -2.30. The predicted molar refractivity (Wildman–Crippen MR) is 105 cm³/mol. The summed E-state index contributed by atoms with van der Waals surface area (Å²) in [5.41, 5.74) is 1.34. The van der Waals surface area contributed by atoms with E-state index in [-0.39, 0.29) is 17.6 Å². The van der Waals surface area contributed by atoms with Gasteiger partial charge in [0.05, 0.1) is 6.61 Å². The van der Waals surface area contributed by atoms with E-state index in [1.807, 2.05) is 24.0 Å². The van der Waals surface area contributed by atoms with Crippen molar-refractivity contribution >= 4 is 5.91 Å². The first-order valence-corrected chi connectivity index (χ1v) is 9.75. The first kappa shape index (κ1) is 19.1. The number of likely N-dealkylation sites (tertiary alicyclic amines) is 1. The molecule has 0 aliphatic carbocycles. The van der Waals surface area contributed by atoms with Crippen LogP contribution in [0.2, 0.25) is 0 Å². The van der Waals surface area contributed by atoms with E-state index in [0.717, 1.165) is 18.6 Å². The molecule has 0 spiro atoms. The highest BCUT2D eigenvalue weighted by Crippen LogP contribution is 2.30. The zero-order valence-electron chi connectivity index (χ0n) is 16.2. The van der Waals surface area contributed by atoms with Gasteiger partial charge in [0, 0.05) is 30.1 Å². The highest BCUT2D eigenvalue weighted by atomic mass is 19.1. The molecule has 0 saturated carbocycles. The SMILES string of the molecule is CCOc1ccc(C(=O)N2CCC(c3nnc(-c4ccc(F)cc4)o3)CC2)cc1. The summed E-state index contributed by atoms with van der Waals surface area (Å²) >= 11 is 0. The molecule has 6 nitrogen and oxygen atoms in total. The molecule has 1 aliphatic heterocycles. The van der Waals surface area contributed by atoms with Gasteiger partial charge in [0.25, 0.3) is 5.91 Å². The van der Waals surface area contributed by atoms with Gasteiger partial charge in [-0.15, -0.1) is 10.2 Å². The molecular weight excluding hydrogens is 373 g/mol. The third kappa shape index (κ3) is 4.29. The zero-order chi connectivity index (χ0) is 20.2. The fourth-order valence-electron chi connectivity index (χ4n) is 3.48. The van der Waals surface area contributed by atoms with Crippen molar-refractivity contribution in [1.29, 1.82) is 0 Å². The third-order valence-electron chi connectivity index (χ3n) is 5.08. The van der Waals surface area contributed by atoms with Crippen LogP contribution in [0.25, 0.3) is 11.5 Å². The molecule has 3 aromatic rings. The second kappa shape index (κ2) is 8.43. The van der Waals surface area contributed by atoms with E-state index in [4.69, 9.17) is 9.15 Å². The molecule has 7 heteroatoms. The van der Waals surface area contributed by atoms with Crippen LogP contribution < -0.4 is 4.74 Å². The average Bonchev–Trinajstić information content (AvgIpc) is 3.25. The molecule has 0 atom stereocenters. The Hall–Kier alpha value is -3.22. The molecule has 2 aromatic carbocycles. The number of hydrogen-bond acceptors (Lipinski definition) is 5. The molecule has 1 aromatic heterocycles. The zero-order valence-corrected chi connectivity index (χ0v) is 16.2. The van der Waals surface area contributed by atoms with Crippen LogP contribution in [0.3, 0.4) is 0 Å². The van der Waals surface area contributed by atoms with Gasteiger partial charge in [-0.3, -0.25) is 4.79 Å². The van der Waals surface area contributed by atoms with Crippen molar-refractivity contribution in [1.82, 2.24) is 15.1 Å². The predicted octanol–water partition coefficient (Wildman–Crippen LogP) is 4.29. The Balaban J connectivity index is 1.37. The van der Waals surface area contributed by atoms with Gasteiger partial charge >= 0.3 is 0 Å². The fraction of sp³-hybridized carbons (Fsp3) is 0.318. The summed E-state index contributed by atoms with van der Waals surface area (Å²) in [6.45, 7) is 3.78. The molecule has 29 heavy (non-hydrogen) atoms. The Morgan fingerprint density at radius 1 is 1.10 bits per heavy atom. The average molecular weight is 395 g/mol. The van der Waals surface area contributed by atoms with Crippen molar-refractivity contribution < 1.29 is 18.3 Å². The highest BCUT2D eigenvalue weighted by Gasteiger charge is 2.28. The van der Waals surface area contributed by atoms with Crippen molar-refractivity contribution in [2.45, 2.75) is 25.7 Å². The number of aromatic nitrogens is 2. The normalized spacial score (nSPS) is 14.8. The standard InChI is InChI=1S/C22H22FN3O3/c1-2-28-19-9-5-17(6-10-19)22(27)26-13-11-16(12-14-26)21-25-24-20(29-21)15-3-7-18(23)8-4-15/h3-10,16H,2,11-14H2,1H3. The van der Waals surface area contributed by atoms with Crippen LogP contribution in [0, 0.1) is 5.82 Å². The number of amides is 1. The summed E-state index contributed by atoms with van der Waals surface area (Å²) in [5.74, 6) is 1.53. The van der Waals surface area contributed by atoms with Crippen molar-refractivity contribution in [2.75, 3.05) is 19.7 Å². The van der Waals surface area contributed by atoms with Crippen molar-refractivity contribution in [3.63, 3.8) is 0 Å². The van der Waals surface area contributed by atoms with E-state index >= 15 is 0 Å². The quantitative estimate of drug-likeness (QED) is 0.644. The Bertz CT molecular complexity index is 962. The van der Waals surface area contributed by atoms with Gasteiger partial charge in [-0.05, 0) is 68.3 Å². The third-order valence-corrected chi connectivity index (χ3v) is 5.08. The summed E-state index contributed by atoms with van der Waals surface area (Å²) in [6.07, 6.45) is 1.52. The Kier molecular flexibility index (Phi) is 5.55. The maximum atomic E-state index is 13.1. The van der Waals surface area contributed by atoms with Gasteiger partial charge in [-0.1, -0.05) is 0 Å². The minimum atomic E-state index is -0.307. The van der Waals surface area contributed by atoms with Crippen LogP contribution >= 0.6 is 0 Å². The molecule has 1 amide bonds. The molecule has 2 heterocycles. The monoisotopic (exact) mass is 395 g/mol. The number of halogens is 1. The van der Waals surface area contributed by atoms with E-state index in [1.165, 1.54) is 12.1 Å². The van der Waals surface area contributed by atoms with Gasteiger partial charge < -0.3 is 14.1 Å². The highest BCUT2D eigenvalue weighted by molar-refractivity contribution is 5.94. The summed E-state index contributed by atoms with van der Waals surface area (Å²) in [4.78, 5) is 14.6. The first-order valence-electron chi connectivity index (χ1n) is 9.75. The summed E-state index contributed by atoms with van der Waals surface area (Å²) in [6, 6.07) is 13.2. The molecule has 1 fully saturated rings. The first-order chi connectivity index (χ1) is 14.1. The number of rotatable bonds is 5. The van der Waals surface area contributed by atoms with Crippen LogP contribution in [0.5, 0.6) is 5.75 Å². The Labute approximate surface area is 168 Å². The van der Waals surface area contributed by atoms with Gasteiger partial charge in [-0.25, -0.2) is 4.39 Å². The Morgan fingerprint density at radius 3 is 2.45 bits per heavy atom.